The number of amides is 1. The molecule has 0 saturated carbocycles. The predicted molar refractivity (Wildman–Crippen MR) is 106 cm³/mol. The second-order valence-electron chi connectivity index (χ2n) is 6.43. The maximum absolute atomic E-state index is 14.5. The standard InChI is InChI=1S/C20H20F3N5O2/c1-3-16(29)24-8-9-25-20-28-27-19(30-20)12-5-6-13(21)17(23)18(12)26-15-7-4-11(2)10-14(15)22/h4-7,10,26H,3,8-9H2,1-2H3,(H,24,29)(H,25,28). The molecule has 1 heterocycles. The maximum Gasteiger partial charge on any atom is 0.315 e. The molecule has 1 amide bonds. The molecule has 3 aromatic rings. The number of carbonyl (C=O) groups excluding carboxylic acids is 1. The van der Waals surface area contributed by atoms with E-state index in [2.05, 4.69) is 26.1 Å². The summed E-state index contributed by atoms with van der Waals surface area (Å²) < 4.78 is 48.0. The monoisotopic (exact) mass is 419 g/mol. The first-order chi connectivity index (χ1) is 14.4. The molecule has 7 nitrogen and oxygen atoms in total. The predicted octanol–water partition coefficient (Wildman–Crippen LogP) is 4.14. The minimum absolute atomic E-state index is 0.0316. The summed E-state index contributed by atoms with van der Waals surface area (Å²) >= 11 is 0. The molecule has 0 fully saturated rings. The molecule has 0 aliphatic rings. The number of benzene rings is 2. The highest BCUT2D eigenvalue weighted by Gasteiger charge is 2.20. The molecule has 2 aromatic carbocycles. The van der Waals surface area contributed by atoms with Crippen LogP contribution in [0.15, 0.2) is 34.7 Å². The van der Waals surface area contributed by atoms with Crippen molar-refractivity contribution in [2.75, 3.05) is 23.7 Å². The Kier molecular flexibility index (Phi) is 6.55. The Bertz CT molecular complexity index is 1050. The van der Waals surface area contributed by atoms with Gasteiger partial charge in [0.2, 0.25) is 5.91 Å². The van der Waals surface area contributed by atoms with Crippen LogP contribution in [-0.2, 0) is 4.79 Å². The van der Waals surface area contributed by atoms with Gasteiger partial charge in [-0.25, -0.2) is 13.2 Å². The van der Waals surface area contributed by atoms with Gasteiger partial charge < -0.3 is 20.4 Å². The van der Waals surface area contributed by atoms with Crippen LogP contribution in [-0.4, -0.2) is 29.2 Å². The Hall–Kier alpha value is -3.56. The minimum atomic E-state index is -1.21. The van der Waals surface area contributed by atoms with Gasteiger partial charge in [-0.2, -0.15) is 0 Å². The van der Waals surface area contributed by atoms with Crippen molar-refractivity contribution in [1.82, 2.24) is 15.5 Å². The number of nitrogens with one attached hydrogen (secondary N) is 3. The van der Waals surface area contributed by atoms with E-state index in [1.165, 1.54) is 18.2 Å². The van der Waals surface area contributed by atoms with Crippen molar-refractivity contribution < 1.29 is 22.4 Å². The summed E-state index contributed by atoms with van der Waals surface area (Å²) in [6.45, 7) is 4.12. The fourth-order valence-electron chi connectivity index (χ4n) is 2.61. The lowest BCUT2D eigenvalue weighted by molar-refractivity contribution is -0.120. The maximum atomic E-state index is 14.5. The first-order valence-corrected chi connectivity index (χ1v) is 9.24. The number of anilines is 3. The van der Waals surface area contributed by atoms with Crippen LogP contribution in [0.1, 0.15) is 18.9 Å². The Labute approximate surface area is 170 Å². The summed E-state index contributed by atoms with van der Waals surface area (Å²) in [4.78, 5) is 11.2. The number of aryl methyl sites for hydroxylation is 1. The highest BCUT2D eigenvalue weighted by Crippen LogP contribution is 2.34. The van der Waals surface area contributed by atoms with Crippen LogP contribution < -0.4 is 16.0 Å². The van der Waals surface area contributed by atoms with Crippen molar-refractivity contribution in [3.05, 3.63) is 53.3 Å². The van der Waals surface area contributed by atoms with Crippen LogP contribution in [0.5, 0.6) is 0 Å². The van der Waals surface area contributed by atoms with Gasteiger partial charge in [0, 0.05) is 19.5 Å². The van der Waals surface area contributed by atoms with Crippen LogP contribution in [0.25, 0.3) is 11.5 Å². The number of hydrogen-bond acceptors (Lipinski definition) is 6. The van der Waals surface area contributed by atoms with Gasteiger partial charge in [-0.05, 0) is 36.8 Å². The molecule has 1 aromatic heterocycles. The molecular formula is C20H20F3N5O2. The average molecular weight is 419 g/mol. The number of nitrogens with zero attached hydrogens (tertiary/aromatic N) is 2. The molecule has 0 aliphatic heterocycles. The summed E-state index contributed by atoms with van der Waals surface area (Å²) in [6, 6.07) is 6.53. The summed E-state index contributed by atoms with van der Waals surface area (Å²) in [5.41, 5.74) is 0.383. The lowest BCUT2D eigenvalue weighted by Crippen LogP contribution is -2.27. The fourth-order valence-corrected chi connectivity index (χ4v) is 2.61. The summed E-state index contributed by atoms with van der Waals surface area (Å²) in [6.07, 6.45) is 0.373. The van der Waals surface area contributed by atoms with E-state index in [9.17, 15) is 18.0 Å². The van der Waals surface area contributed by atoms with Crippen LogP contribution >= 0.6 is 0 Å². The molecule has 0 bridgehead atoms. The summed E-state index contributed by atoms with van der Waals surface area (Å²) in [5, 5.41) is 15.7. The van der Waals surface area contributed by atoms with Crippen LogP contribution in [0.2, 0.25) is 0 Å². The molecule has 0 unspecified atom stereocenters. The Morgan fingerprint density at radius 1 is 1.07 bits per heavy atom. The third-order valence-corrected chi connectivity index (χ3v) is 4.18. The molecule has 3 rings (SSSR count). The molecule has 30 heavy (non-hydrogen) atoms. The fraction of sp³-hybridized carbons (Fsp3) is 0.250. The molecule has 3 N–H and O–H groups in total. The van der Waals surface area contributed by atoms with Gasteiger partial charge in [-0.15, -0.1) is 5.10 Å². The number of hydrogen-bond donors (Lipinski definition) is 3. The molecule has 0 saturated heterocycles. The van der Waals surface area contributed by atoms with Crippen LogP contribution in [0, 0.1) is 24.4 Å². The van der Waals surface area contributed by atoms with Gasteiger partial charge in [-0.1, -0.05) is 18.1 Å². The smallest absolute Gasteiger partial charge is 0.315 e. The van der Waals surface area contributed by atoms with Crippen molar-refractivity contribution in [2.24, 2.45) is 0 Å². The zero-order valence-electron chi connectivity index (χ0n) is 16.4. The lowest BCUT2D eigenvalue weighted by Gasteiger charge is -2.12. The van der Waals surface area contributed by atoms with E-state index < -0.39 is 17.5 Å². The van der Waals surface area contributed by atoms with Gasteiger partial charge in [0.1, 0.15) is 5.82 Å². The van der Waals surface area contributed by atoms with Gasteiger partial charge >= 0.3 is 6.01 Å². The van der Waals surface area contributed by atoms with E-state index in [0.29, 0.717) is 25.1 Å². The second-order valence-corrected chi connectivity index (χ2v) is 6.43. The first-order valence-electron chi connectivity index (χ1n) is 9.24. The van der Waals surface area contributed by atoms with Crippen molar-refractivity contribution in [3.8, 4) is 11.5 Å². The first kappa shape index (κ1) is 21.2. The number of halogens is 3. The van der Waals surface area contributed by atoms with Crippen molar-refractivity contribution in [2.45, 2.75) is 20.3 Å². The quantitative estimate of drug-likeness (QED) is 0.475. The normalized spacial score (nSPS) is 10.7. The Morgan fingerprint density at radius 3 is 2.60 bits per heavy atom. The Balaban J connectivity index is 1.82. The third-order valence-electron chi connectivity index (χ3n) is 4.18. The zero-order chi connectivity index (χ0) is 21.7. The van der Waals surface area contributed by atoms with Crippen molar-refractivity contribution >= 4 is 23.3 Å². The van der Waals surface area contributed by atoms with Gasteiger partial charge in [0.15, 0.2) is 11.6 Å². The topological polar surface area (TPSA) is 92.1 Å². The molecule has 10 heteroatoms. The van der Waals surface area contributed by atoms with E-state index in [0.717, 1.165) is 6.07 Å². The molecule has 158 valence electrons. The highest BCUT2D eigenvalue weighted by atomic mass is 19.2. The minimum Gasteiger partial charge on any atom is -0.403 e. The SMILES string of the molecule is CCC(=O)NCCNc1nnc(-c2ccc(F)c(F)c2Nc2ccc(C)cc2F)o1. The second kappa shape index (κ2) is 9.29. The zero-order valence-corrected chi connectivity index (χ0v) is 16.4. The van der Waals surface area contributed by atoms with Crippen molar-refractivity contribution in [1.29, 1.82) is 0 Å². The molecule has 0 spiro atoms. The van der Waals surface area contributed by atoms with E-state index in [1.807, 2.05) is 0 Å². The summed E-state index contributed by atoms with van der Waals surface area (Å²) in [5.74, 6) is -3.12. The van der Waals surface area contributed by atoms with Gasteiger partial charge in [0.25, 0.3) is 5.89 Å². The summed E-state index contributed by atoms with van der Waals surface area (Å²) in [7, 11) is 0. The van der Waals surface area contributed by atoms with E-state index in [4.69, 9.17) is 4.42 Å². The number of rotatable bonds is 8. The Morgan fingerprint density at radius 2 is 1.87 bits per heavy atom. The van der Waals surface area contributed by atoms with Gasteiger partial charge in [-0.3, -0.25) is 4.79 Å². The largest absolute Gasteiger partial charge is 0.403 e. The van der Waals surface area contributed by atoms with Gasteiger partial charge in [0.05, 0.1) is 16.9 Å². The van der Waals surface area contributed by atoms with Crippen molar-refractivity contribution in [3.63, 3.8) is 0 Å². The number of carbonyl (C=O) groups is 1. The highest BCUT2D eigenvalue weighted by molar-refractivity contribution is 5.78. The molecule has 0 atom stereocenters. The van der Waals surface area contributed by atoms with E-state index >= 15 is 0 Å². The molecular weight excluding hydrogens is 399 g/mol. The third kappa shape index (κ3) is 4.88. The molecule has 0 aliphatic carbocycles. The van der Waals surface area contributed by atoms with E-state index in [1.54, 1.807) is 19.9 Å². The lowest BCUT2D eigenvalue weighted by atomic mass is 10.1. The van der Waals surface area contributed by atoms with Crippen LogP contribution in [0.3, 0.4) is 0 Å². The number of aromatic nitrogens is 2. The van der Waals surface area contributed by atoms with Crippen LogP contribution in [0.4, 0.5) is 30.6 Å². The van der Waals surface area contributed by atoms with E-state index in [-0.39, 0.29) is 34.8 Å². The molecule has 0 radical (unpaired) electrons. The average Bonchev–Trinajstić information content (AvgIpc) is 3.19.